The summed E-state index contributed by atoms with van der Waals surface area (Å²) in [5.74, 6) is 0.326. The van der Waals surface area contributed by atoms with E-state index in [1.807, 2.05) is 36.5 Å². The molecule has 1 aliphatic rings. The molecule has 1 fully saturated rings. The van der Waals surface area contributed by atoms with Crippen molar-refractivity contribution in [3.63, 3.8) is 0 Å². The van der Waals surface area contributed by atoms with E-state index in [1.54, 1.807) is 15.8 Å². The van der Waals surface area contributed by atoms with E-state index in [-0.39, 0.29) is 12.6 Å². The fraction of sp³-hybridized carbons (Fsp3) is 0.375. The minimum Gasteiger partial charge on any atom is -0.396 e. The van der Waals surface area contributed by atoms with Crippen LogP contribution < -0.4 is 5.32 Å². The summed E-state index contributed by atoms with van der Waals surface area (Å²) in [5.41, 5.74) is 1.66. The largest absolute Gasteiger partial charge is 0.396 e. The summed E-state index contributed by atoms with van der Waals surface area (Å²) < 4.78 is 1.75. The molecule has 1 aromatic carbocycles. The van der Waals surface area contributed by atoms with Gasteiger partial charge in [-0.1, -0.05) is 6.07 Å². The van der Waals surface area contributed by atoms with Crippen LogP contribution >= 0.6 is 0 Å². The van der Waals surface area contributed by atoms with Crippen LogP contribution in [0.1, 0.15) is 12.8 Å². The van der Waals surface area contributed by atoms with Crippen molar-refractivity contribution in [1.29, 1.82) is 0 Å². The first-order valence-corrected chi connectivity index (χ1v) is 7.53. The van der Waals surface area contributed by atoms with Gasteiger partial charge in [0.2, 0.25) is 0 Å². The summed E-state index contributed by atoms with van der Waals surface area (Å²) in [6.07, 6.45) is 5.30. The lowest BCUT2D eigenvalue weighted by Gasteiger charge is -2.31. The van der Waals surface area contributed by atoms with Gasteiger partial charge >= 0.3 is 6.03 Å². The Kier molecular flexibility index (Phi) is 4.39. The summed E-state index contributed by atoms with van der Waals surface area (Å²) in [5, 5.41) is 16.3. The molecule has 0 unspecified atom stereocenters. The molecule has 6 heteroatoms. The van der Waals surface area contributed by atoms with Gasteiger partial charge in [0.25, 0.3) is 0 Å². The molecular weight excluding hydrogens is 280 g/mol. The molecule has 2 amide bonds. The number of piperidine rings is 1. The van der Waals surface area contributed by atoms with Crippen molar-refractivity contribution >= 4 is 11.7 Å². The number of rotatable bonds is 3. The fourth-order valence-electron chi connectivity index (χ4n) is 2.67. The lowest BCUT2D eigenvalue weighted by Crippen LogP contribution is -2.41. The molecule has 116 valence electrons. The number of nitrogens with zero attached hydrogens (tertiary/aromatic N) is 3. The maximum Gasteiger partial charge on any atom is 0.321 e. The molecule has 0 aliphatic carbocycles. The standard InChI is InChI=1S/C16H20N4O2/c21-12-13-5-9-19(10-6-13)16(22)18-14-3-1-4-15(11-14)20-8-2-7-17-20/h1-4,7-8,11,13,21H,5-6,9-10,12H2,(H,18,22). The number of aliphatic hydroxyl groups is 1. The van der Waals surface area contributed by atoms with Gasteiger partial charge in [-0.15, -0.1) is 0 Å². The molecule has 1 aliphatic heterocycles. The summed E-state index contributed by atoms with van der Waals surface area (Å²) in [7, 11) is 0. The summed E-state index contributed by atoms with van der Waals surface area (Å²) in [6, 6.07) is 9.36. The zero-order valence-electron chi connectivity index (χ0n) is 12.4. The van der Waals surface area contributed by atoms with E-state index in [0.717, 1.165) is 24.2 Å². The van der Waals surface area contributed by atoms with Gasteiger partial charge in [-0.25, -0.2) is 9.48 Å². The third-order valence-corrected chi connectivity index (χ3v) is 4.03. The van der Waals surface area contributed by atoms with E-state index in [1.165, 1.54) is 0 Å². The molecule has 3 rings (SSSR count). The molecular formula is C16H20N4O2. The van der Waals surface area contributed by atoms with E-state index in [2.05, 4.69) is 10.4 Å². The second-order valence-corrected chi connectivity index (χ2v) is 5.54. The topological polar surface area (TPSA) is 70.4 Å². The number of amides is 2. The van der Waals surface area contributed by atoms with Crippen LogP contribution in [0.4, 0.5) is 10.5 Å². The highest BCUT2D eigenvalue weighted by Gasteiger charge is 2.22. The number of carbonyl (C=O) groups is 1. The first-order valence-electron chi connectivity index (χ1n) is 7.53. The third kappa shape index (κ3) is 3.28. The number of aliphatic hydroxyl groups excluding tert-OH is 1. The van der Waals surface area contributed by atoms with Crippen molar-refractivity contribution < 1.29 is 9.90 Å². The highest BCUT2D eigenvalue weighted by atomic mass is 16.3. The number of carbonyl (C=O) groups excluding carboxylic acids is 1. The Morgan fingerprint density at radius 1 is 1.32 bits per heavy atom. The van der Waals surface area contributed by atoms with Gasteiger partial charge in [-0.3, -0.25) is 0 Å². The maximum absolute atomic E-state index is 12.3. The van der Waals surface area contributed by atoms with Gasteiger partial charge in [0.1, 0.15) is 0 Å². The quantitative estimate of drug-likeness (QED) is 0.912. The van der Waals surface area contributed by atoms with Gasteiger partial charge in [-0.2, -0.15) is 5.10 Å². The van der Waals surface area contributed by atoms with E-state index in [4.69, 9.17) is 5.11 Å². The Labute approximate surface area is 129 Å². The van der Waals surface area contributed by atoms with E-state index >= 15 is 0 Å². The number of hydrogen-bond donors (Lipinski definition) is 2. The molecule has 6 nitrogen and oxygen atoms in total. The highest BCUT2D eigenvalue weighted by molar-refractivity contribution is 5.89. The normalized spacial score (nSPS) is 15.8. The zero-order valence-corrected chi connectivity index (χ0v) is 12.4. The van der Waals surface area contributed by atoms with Gasteiger partial charge in [0.05, 0.1) is 5.69 Å². The fourth-order valence-corrected chi connectivity index (χ4v) is 2.67. The highest BCUT2D eigenvalue weighted by Crippen LogP contribution is 2.18. The maximum atomic E-state index is 12.3. The number of likely N-dealkylation sites (tertiary alicyclic amines) is 1. The molecule has 0 radical (unpaired) electrons. The number of aromatic nitrogens is 2. The molecule has 0 saturated carbocycles. The molecule has 22 heavy (non-hydrogen) atoms. The molecule has 0 bridgehead atoms. The number of anilines is 1. The summed E-state index contributed by atoms with van der Waals surface area (Å²) in [4.78, 5) is 14.1. The van der Waals surface area contributed by atoms with Crippen molar-refractivity contribution in [1.82, 2.24) is 14.7 Å². The first-order chi connectivity index (χ1) is 10.8. The van der Waals surface area contributed by atoms with E-state index < -0.39 is 0 Å². The molecule has 2 heterocycles. The number of hydrogen-bond acceptors (Lipinski definition) is 3. The van der Waals surface area contributed by atoms with Crippen LogP contribution in [0, 0.1) is 5.92 Å². The van der Waals surface area contributed by atoms with Crippen molar-refractivity contribution in [2.45, 2.75) is 12.8 Å². The van der Waals surface area contributed by atoms with Gasteiger partial charge in [0, 0.05) is 37.8 Å². The van der Waals surface area contributed by atoms with Crippen molar-refractivity contribution in [2.75, 3.05) is 25.0 Å². The SMILES string of the molecule is O=C(Nc1cccc(-n2cccn2)c1)N1CCC(CO)CC1. The second-order valence-electron chi connectivity index (χ2n) is 5.54. The van der Waals surface area contributed by atoms with Gasteiger partial charge < -0.3 is 15.3 Å². The predicted molar refractivity (Wildman–Crippen MR) is 84.0 cm³/mol. The van der Waals surface area contributed by atoms with Crippen LogP contribution in [0.5, 0.6) is 0 Å². The average molecular weight is 300 g/mol. The van der Waals surface area contributed by atoms with Crippen LogP contribution in [0.25, 0.3) is 5.69 Å². The lowest BCUT2D eigenvalue weighted by molar-refractivity contribution is 0.143. The van der Waals surface area contributed by atoms with E-state index in [0.29, 0.717) is 19.0 Å². The van der Waals surface area contributed by atoms with Crippen LogP contribution in [0.3, 0.4) is 0 Å². The Balaban J connectivity index is 1.63. The Bertz CT molecular complexity index is 619. The molecule has 1 saturated heterocycles. The van der Waals surface area contributed by atoms with Gasteiger partial charge in [0.15, 0.2) is 0 Å². The minimum atomic E-state index is -0.0889. The summed E-state index contributed by atoms with van der Waals surface area (Å²) >= 11 is 0. The van der Waals surface area contributed by atoms with Crippen LogP contribution in [0.15, 0.2) is 42.7 Å². The number of nitrogens with one attached hydrogen (secondary N) is 1. The Hall–Kier alpha value is -2.34. The third-order valence-electron chi connectivity index (χ3n) is 4.03. The molecule has 2 aromatic rings. The van der Waals surface area contributed by atoms with Crippen LogP contribution in [0.2, 0.25) is 0 Å². The lowest BCUT2D eigenvalue weighted by atomic mass is 9.98. The molecule has 0 atom stereocenters. The second kappa shape index (κ2) is 6.62. The van der Waals surface area contributed by atoms with Gasteiger partial charge in [-0.05, 0) is 43.0 Å². The van der Waals surface area contributed by atoms with Crippen molar-refractivity contribution in [3.05, 3.63) is 42.7 Å². The molecule has 0 spiro atoms. The predicted octanol–water partition coefficient (Wildman–Crippen LogP) is 2.11. The smallest absolute Gasteiger partial charge is 0.321 e. The Morgan fingerprint density at radius 3 is 2.82 bits per heavy atom. The van der Waals surface area contributed by atoms with Crippen molar-refractivity contribution in [3.8, 4) is 5.69 Å². The summed E-state index contributed by atoms with van der Waals surface area (Å²) in [6.45, 7) is 1.59. The molecule has 1 aromatic heterocycles. The monoisotopic (exact) mass is 300 g/mol. The average Bonchev–Trinajstić information content (AvgIpc) is 3.10. The van der Waals surface area contributed by atoms with E-state index in [9.17, 15) is 4.79 Å². The minimum absolute atomic E-state index is 0.0889. The van der Waals surface area contributed by atoms with Crippen molar-refractivity contribution in [2.24, 2.45) is 5.92 Å². The Morgan fingerprint density at radius 2 is 2.14 bits per heavy atom. The van der Waals surface area contributed by atoms with Crippen LogP contribution in [-0.4, -0.2) is 45.5 Å². The zero-order chi connectivity index (χ0) is 15.4. The number of benzene rings is 1. The number of urea groups is 1. The van der Waals surface area contributed by atoms with Crippen LogP contribution in [-0.2, 0) is 0 Å². The first kappa shape index (κ1) is 14.6. The molecule has 2 N–H and O–H groups in total.